The van der Waals surface area contributed by atoms with Crippen LogP contribution in [-0.4, -0.2) is 22.8 Å². The first-order chi connectivity index (χ1) is 15.3. The Kier molecular flexibility index (Phi) is 7.50. The van der Waals surface area contributed by atoms with Gasteiger partial charge < -0.3 is 14.7 Å². The molecule has 0 saturated carbocycles. The van der Waals surface area contributed by atoms with Gasteiger partial charge in [-0.3, -0.25) is 0 Å². The highest BCUT2D eigenvalue weighted by atomic mass is 16.5. The van der Waals surface area contributed by atoms with Gasteiger partial charge in [0.25, 0.3) is 0 Å². The minimum Gasteiger partial charge on any atom is -0.494 e. The third-order valence-electron chi connectivity index (χ3n) is 6.67. The Hall–Kier alpha value is -2.49. The van der Waals surface area contributed by atoms with Crippen molar-refractivity contribution in [1.29, 1.82) is 0 Å². The Bertz CT molecular complexity index is 930. The molecule has 0 amide bonds. The Balaban J connectivity index is 1.69. The predicted molar refractivity (Wildman–Crippen MR) is 129 cm³/mol. The summed E-state index contributed by atoms with van der Waals surface area (Å²) in [7, 11) is 1.73. The summed E-state index contributed by atoms with van der Waals surface area (Å²) < 4.78 is 5.68. The summed E-state index contributed by atoms with van der Waals surface area (Å²) in [5.74, 6) is 1.45. The third-order valence-corrected chi connectivity index (χ3v) is 6.67. The van der Waals surface area contributed by atoms with E-state index in [0.29, 0.717) is 5.92 Å². The zero-order valence-electron chi connectivity index (χ0n) is 19.2. The van der Waals surface area contributed by atoms with Gasteiger partial charge in [-0.05, 0) is 61.4 Å². The Morgan fingerprint density at radius 1 is 1.16 bits per heavy atom. The maximum atomic E-state index is 5.68. The Morgan fingerprint density at radius 3 is 2.77 bits per heavy atom. The van der Waals surface area contributed by atoms with Crippen LogP contribution in [0.2, 0.25) is 0 Å². The normalized spacial score (nSPS) is 21.4. The Labute approximate surface area is 186 Å². The number of ether oxygens (including phenoxy) is 1. The molecule has 0 fully saturated rings. The van der Waals surface area contributed by atoms with Gasteiger partial charge in [-0.25, -0.2) is 4.99 Å². The molecule has 2 aliphatic rings. The number of aliphatic imine (C=N–C) groups is 1. The van der Waals surface area contributed by atoms with Gasteiger partial charge in [0.2, 0.25) is 0 Å². The van der Waals surface area contributed by atoms with Gasteiger partial charge in [-0.15, -0.1) is 0 Å². The first kappa shape index (κ1) is 21.7. The van der Waals surface area contributed by atoms with Gasteiger partial charge in [0.05, 0.1) is 18.5 Å². The molecule has 31 heavy (non-hydrogen) atoms. The van der Waals surface area contributed by atoms with Crippen molar-refractivity contribution in [2.24, 2.45) is 4.99 Å². The lowest BCUT2D eigenvalue weighted by atomic mass is 9.87. The monoisotopic (exact) mass is 419 g/mol. The highest BCUT2D eigenvalue weighted by Gasteiger charge is 2.21. The SMILES string of the molecule is CCCCC1CCCCCCCCc2cc1c(/C=C1/N=C(c3ccc[nH]3)C=C1OC)[nH]2. The lowest BCUT2D eigenvalue weighted by Crippen LogP contribution is -2.01. The van der Waals surface area contributed by atoms with Gasteiger partial charge in [0, 0.05) is 23.7 Å². The van der Waals surface area contributed by atoms with E-state index in [0.717, 1.165) is 29.3 Å². The van der Waals surface area contributed by atoms with Crippen molar-refractivity contribution in [2.75, 3.05) is 7.11 Å². The van der Waals surface area contributed by atoms with E-state index >= 15 is 0 Å². The lowest BCUT2D eigenvalue weighted by Gasteiger charge is -2.17. The summed E-state index contributed by atoms with van der Waals surface area (Å²) in [6.45, 7) is 2.30. The van der Waals surface area contributed by atoms with Crippen LogP contribution in [0.4, 0.5) is 0 Å². The fourth-order valence-corrected chi connectivity index (χ4v) is 4.90. The number of nitrogens with one attached hydrogen (secondary N) is 2. The molecule has 2 aromatic heterocycles. The number of H-pyrrole nitrogens is 2. The molecule has 4 rings (SSSR count). The molecule has 0 aromatic carbocycles. The number of allylic oxidation sites excluding steroid dienone is 1. The van der Waals surface area contributed by atoms with Gasteiger partial charge in [0.15, 0.2) is 0 Å². The van der Waals surface area contributed by atoms with E-state index in [-0.39, 0.29) is 0 Å². The molecule has 166 valence electrons. The fourth-order valence-electron chi connectivity index (χ4n) is 4.90. The molecular formula is C27H37N3O. The molecule has 0 saturated heterocycles. The summed E-state index contributed by atoms with van der Waals surface area (Å²) >= 11 is 0. The van der Waals surface area contributed by atoms with E-state index in [1.807, 2.05) is 24.4 Å². The maximum Gasteiger partial charge on any atom is 0.146 e. The summed E-state index contributed by atoms with van der Waals surface area (Å²) in [6.07, 6.45) is 20.5. The van der Waals surface area contributed by atoms with Crippen LogP contribution in [-0.2, 0) is 11.2 Å². The van der Waals surface area contributed by atoms with Crippen molar-refractivity contribution in [3.8, 4) is 0 Å². The molecule has 2 N–H and O–H groups in total. The van der Waals surface area contributed by atoms with Crippen LogP contribution in [0, 0.1) is 0 Å². The smallest absolute Gasteiger partial charge is 0.146 e. The molecule has 0 spiro atoms. The van der Waals surface area contributed by atoms with Crippen LogP contribution in [0.1, 0.15) is 99.7 Å². The van der Waals surface area contributed by atoms with E-state index in [2.05, 4.69) is 29.0 Å². The van der Waals surface area contributed by atoms with Crippen molar-refractivity contribution < 1.29 is 4.74 Å². The highest BCUT2D eigenvalue weighted by molar-refractivity contribution is 6.11. The average Bonchev–Trinajstić information content (AvgIpc) is 3.51. The number of aromatic amines is 2. The number of aryl methyl sites for hydroxylation is 1. The standard InChI is InChI=1S/C27H37N3O/c1-3-4-12-20-13-9-7-5-6-8-10-14-21-17-22(20)24(29-21)18-26-27(31-2)19-25(30-26)23-15-11-16-28-23/h11,15-20,28-29H,3-10,12-14H2,1-2H3/b26-18+. The number of methoxy groups -OCH3 is 1. The number of aromatic nitrogens is 2. The molecular weight excluding hydrogens is 382 g/mol. The third kappa shape index (κ3) is 5.41. The van der Waals surface area contributed by atoms with E-state index in [1.54, 1.807) is 7.11 Å². The van der Waals surface area contributed by atoms with Crippen molar-refractivity contribution in [3.63, 3.8) is 0 Å². The van der Waals surface area contributed by atoms with Crippen molar-refractivity contribution >= 4 is 11.8 Å². The van der Waals surface area contributed by atoms with Crippen LogP contribution < -0.4 is 0 Å². The van der Waals surface area contributed by atoms with Crippen LogP contribution in [0.25, 0.3) is 6.08 Å². The minimum absolute atomic E-state index is 0.625. The molecule has 0 radical (unpaired) electrons. The molecule has 4 nitrogen and oxygen atoms in total. The maximum absolute atomic E-state index is 5.68. The number of nitrogens with zero attached hydrogens (tertiary/aromatic N) is 1. The quantitative estimate of drug-likeness (QED) is 0.508. The van der Waals surface area contributed by atoms with Gasteiger partial charge in [0.1, 0.15) is 11.5 Å². The summed E-state index contributed by atoms with van der Waals surface area (Å²) in [6, 6.07) is 6.50. The van der Waals surface area contributed by atoms with Crippen LogP contribution >= 0.6 is 0 Å². The van der Waals surface area contributed by atoms with Crippen LogP contribution in [0.5, 0.6) is 0 Å². The second kappa shape index (κ2) is 10.7. The zero-order valence-corrected chi connectivity index (χ0v) is 19.2. The van der Waals surface area contributed by atoms with Crippen molar-refractivity contribution in [3.05, 3.63) is 64.6 Å². The van der Waals surface area contributed by atoms with E-state index in [9.17, 15) is 0 Å². The second-order valence-electron chi connectivity index (χ2n) is 8.99. The van der Waals surface area contributed by atoms with E-state index < -0.39 is 0 Å². The van der Waals surface area contributed by atoms with Crippen molar-refractivity contribution in [2.45, 2.75) is 83.5 Å². The average molecular weight is 420 g/mol. The molecule has 1 atom stereocenters. The van der Waals surface area contributed by atoms with E-state index in [4.69, 9.17) is 9.73 Å². The van der Waals surface area contributed by atoms with Gasteiger partial charge in [-0.2, -0.15) is 0 Å². The molecule has 2 aromatic rings. The molecule has 1 unspecified atom stereocenters. The van der Waals surface area contributed by atoms with Gasteiger partial charge in [-0.1, -0.05) is 51.9 Å². The van der Waals surface area contributed by atoms with Gasteiger partial charge >= 0.3 is 0 Å². The first-order valence-electron chi connectivity index (χ1n) is 12.2. The number of unbranched alkanes of at least 4 members (excludes halogenated alkanes) is 1. The predicted octanol–water partition coefficient (Wildman–Crippen LogP) is 7.28. The number of hydrogen-bond donors (Lipinski definition) is 2. The second-order valence-corrected chi connectivity index (χ2v) is 8.99. The number of hydrogen-bond acceptors (Lipinski definition) is 2. The summed E-state index contributed by atoms with van der Waals surface area (Å²) in [5, 5.41) is 0. The molecule has 1 aliphatic carbocycles. The van der Waals surface area contributed by atoms with Crippen LogP contribution in [0.15, 0.2) is 46.9 Å². The molecule has 3 heterocycles. The van der Waals surface area contributed by atoms with Crippen LogP contribution in [0.3, 0.4) is 0 Å². The topological polar surface area (TPSA) is 53.2 Å². The molecule has 4 heteroatoms. The minimum atomic E-state index is 0.625. The van der Waals surface area contributed by atoms with E-state index in [1.165, 1.54) is 81.2 Å². The fraction of sp³-hybridized carbons (Fsp3) is 0.519. The number of fused-ring (bicyclic) bond motifs is 2. The molecule has 1 aliphatic heterocycles. The summed E-state index contributed by atoms with van der Waals surface area (Å²) in [5.41, 5.74) is 6.93. The zero-order chi connectivity index (χ0) is 21.5. The molecule has 2 bridgehead atoms. The lowest BCUT2D eigenvalue weighted by molar-refractivity contribution is 0.303. The largest absolute Gasteiger partial charge is 0.494 e. The first-order valence-corrected chi connectivity index (χ1v) is 12.2. The van der Waals surface area contributed by atoms with Crippen molar-refractivity contribution in [1.82, 2.24) is 9.97 Å². The Morgan fingerprint density at radius 2 is 2.00 bits per heavy atom. The number of rotatable bonds is 6. The summed E-state index contributed by atoms with van der Waals surface area (Å²) in [4.78, 5) is 11.9. The highest BCUT2D eigenvalue weighted by Crippen LogP contribution is 2.35.